The molecule has 0 fully saturated rings. The number of nitrogens with two attached hydrogens (primary N) is 1. The van der Waals surface area contributed by atoms with Crippen LogP contribution in [0.5, 0.6) is 0 Å². The Hall–Kier alpha value is -2.82. The summed E-state index contributed by atoms with van der Waals surface area (Å²) in [6, 6.07) is 8.55. The highest BCUT2D eigenvalue weighted by molar-refractivity contribution is 6.33. The Bertz CT molecular complexity index is 781. The third-order valence-corrected chi connectivity index (χ3v) is 3.77. The maximum absolute atomic E-state index is 12.8. The van der Waals surface area contributed by atoms with Gasteiger partial charge in [-0.1, -0.05) is 12.1 Å². The molecule has 0 spiro atoms. The second-order valence-electron chi connectivity index (χ2n) is 4.84. The molecule has 0 atom stereocenters. The average molecular weight is 281 g/mol. The minimum absolute atomic E-state index is 0.187. The summed E-state index contributed by atoms with van der Waals surface area (Å²) >= 11 is 0. The van der Waals surface area contributed by atoms with Crippen LogP contribution in [0.1, 0.15) is 31.8 Å². The van der Waals surface area contributed by atoms with Crippen molar-refractivity contribution in [3.8, 4) is 0 Å². The quantitative estimate of drug-likeness (QED) is 0.627. The molecule has 1 aliphatic rings. The van der Waals surface area contributed by atoms with Crippen LogP contribution < -0.4 is 16.4 Å². The van der Waals surface area contributed by atoms with Crippen molar-refractivity contribution in [2.75, 3.05) is 30.5 Å². The van der Waals surface area contributed by atoms with E-state index in [-0.39, 0.29) is 17.1 Å². The summed E-state index contributed by atoms with van der Waals surface area (Å²) in [5.74, 6) is -0.410. The van der Waals surface area contributed by atoms with Gasteiger partial charge in [0, 0.05) is 36.7 Å². The average Bonchev–Trinajstić information content (AvgIpc) is 2.51. The van der Waals surface area contributed by atoms with Gasteiger partial charge in [0.05, 0.1) is 16.7 Å². The largest absolute Gasteiger partial charge is 0.398 e. The first-order chi connectivity index (χ1) is 10.1. The van der Waals surface area contributed by atoms with Gasteiger partial charge in [-0.3, -0.25) is 9.59 Å². The van der Waals surface area contributed by atoms with E-state index in [4.69, 9.17) is 5.73 Å². The molecule has 1 aliphatic carbocycles. The van der Waals surface area contributed by atoms with Crippen LogP contribution in [0.15, 0.2) is 30.3 Å². The van der Waals surface area contributed by atoms with Crippen molar-refractivity contribution < 1.29 is 9.59 Å². The first kappa shape index (κ1) is 13.2. The number of hydrogen-bond donors (Lipinski definition) is 3. The topological polar surface area (TPSA) is 84.2 Å². The molecule has 2 aromatic carbocycles. The Kier molecular flexibility index (Phi) is 2.90. The van der Waals surface area contributed by atoms with Gasteiger partial charge in [-0.2, -0.15) is 0 Å². The highest BCUT2D eigenvalue weighted by atomic mass is 16.1. The fourth-order valence-electron chi connectivity index (χ4n) is 2.76. The lowest BCUT2D eigenvalue weighted by Gasteiger charge is -2.23. The van der Waals surface area contributed by atoms with Crippen molar-refractivity contribution in [2.24, 2.45) is 0 Å². The summed E-state index contributed by atoms with van der Waals surface area (Å²) in [4.78, 5) is 25.6. The zero-order valence-electron chi connectivity index (χ0n) is 11.8. The van der Waals surface area contributed by atoms with Crippen LogP contribution >= 0.6 is 0 Å². The van der Waals surface area contributed by atoms with Crippen LogP contribution in [0.25, 0.3) is 0 Å². The Labute approximate surface area is 122 Å². The van der Waals surface area contributed by atoms with Gasteiger partial charge >= 0.3 is 0 Å². The molecular formula is C16H15N3O2. The Morgan fingerprint density at radius 2 is 1.48 bits per heavy atom. The van der Waals surface area contributed by atoms with Crippen molar-refractivity contribution in [3.05, 3.63) is 52.6 Å². The molecule has 0 radical (unpaired) electrons. The molecular weight excluding hydrogens is 266 g/mol. The number of nitrogens with one attached hydrogen (secondary N) is 2. The van der Waals surface area contributed by atoms with Crippen molar-refractivity contribution in [1.29, 1.82) is 0 Å². The van der Waals surface area contributed by atoms with E-state index in [1.54, 1.807) is 44.4 Å². The molecule has 21 heavy (non-hydrogen) atoms. The predicted molar refractivity (Wildman–Crippen MR) is 83.3 cm³/mol. The lowest BCUT2D eigenvalue weighted by Crippen LogP contribution is -2.24. The van der Waals surface area contributed by atoms with Crippen molar-refractivity contribution >= 4 is 28.6 Å². The van der Waals surface area contributed by atoms with E-state index in [1.165, 1.54) is 0 Å². The van der Waals surface area contributed by atoms with Crippen molar-refractivity contribution in [3.63, 3.8) is 0 Å². The molecule has 0 bridgehead atoms. The third-order valence-electron chi connectivity index (χ3n) is 3.77. The summed E-state index contributed by atoms with van der Waals surface area (Å²) in [5.41, 5.74) is 8.92. The smallest absolute Gasteiger partial charge is 0.198 e. The standard InChI is InChI=1S/C16H15N3O2/c1-18-10-5-3-4-8-12(10)16(21)13-9(17)6-7-11(19-2)14(13)15(8)20/h3-7,18-19H,17H2,1-2H3. The summed E-state index contributed by atoms with van der Waals surface area (Å²) in [6.07, 6.45) is 0. The van der Waals surface area contributed by atoms with E-state index in [0.717, 1.165) is 0 Å². The number of rotatable bonds is 2. The number of carbonyl (C=O) groups is 2. The summed E-state index contributed by atoms with van der Waals surface area (Å²) in [5, 5.41) is 5.90. The zero-order chi connectivity index (χ0) is 15.1. The van der Waals surface area contributed by atoms with E-state index in [0.29, 0.717) is 33.8 Å². The fourth-order valence-corrected chi connectivity index (χ4v) is 2.76. The Morgan fingerprint density at radius 3 is 2.14 bits per heavy atom. The number of nitrogen functional groups attached to an aromatic ring is 1. The van der Waals surface area contributed by atoms with Gasteiger partial charge in [0.15, 0.2) is 11.6 Å². The molecule has 0 amide bonds. The Balaban J connectivity index is 2.38. The number of ketones is 2. The van der Waals surface area contributed by atoms with Crippen molar-refractivity contribution in [1.82, 2.24) is 0 Å². The molecule has 4 N–H and O–H groups in total. The van der Waals surface area contributed by atoms with E-state index in [2.05, 4.69) is 10.6 Å². The fraction of sp³-hybridized carbons (Fsp3) is 0.125. The monoisotopic (exact) mass is 281 g/mol. The first-order valence-electron chi connectivity index (χ1n) is 6.60. The second-order valence-corrected chi connectivity index (χ2v) is 4.84. The number of benzene rings is 2. The highest BCUT2D eigenvalue weighted by Crippen LogP contribution is 2.37. The van der Waals surface area contributed by atoms with Crippen LogP contribution in [0, 0.1) is 0 Å². The SMILES string of the molecule is CNc1cccc2c1C(=O)c1c(N)ccc(NC)c1C2=O. The van der Waals surface area contributed by atoms with Crippen LogP contribution in [-0.4, -0.2) is 25.7 Å². The normalized spacial score (nSPS) is 12.7. The molecule has 0 saturated heterocycles. The Morgan fingerprint density at radius 1 is 0.810 bits per heavy atom. The van der Waals surface area contributed by atoms with Crippen molar-refractivity contribution in [2.45, 2.75) is 0 Å². The van der Waals surface area contributed by atoms with Crippen LogP contribution in [-0.2, 0) is 0 Å². The molecule has 5 nitrogen and oxygen atoms in total. The third kappa shape index (κ3) is 1.71. The van der Waals surface area contributed by atoms with E-state index < -0.39 is 0 Å². The number of fused-ring (bicyclic) bond motifs is 2. The van der Waals surface area contributed by atoms with Gasteiger partial charge in [0.1, 0.15) is 0 Å². The number of hydrogen-bond acceptors (Lipinski definition) is 5. The van der Waals surface area contributed by atoms with Gasteiger partial charge in [-0.05, 0) is 18.2 Å². The van der Waals surface area contributed by atoms with Gasteiger partial charge in [-0.25, -0.2) is 0 Å². The molecule has 3 rings (SSSR count). The van der Waals surface area contributed by atoms with Gasteiger partial charge in [0.25, 0.3) is 0 Å². The molecule has 0 heterocycles. The van der Waals surface area contributed by atoms with Crippen LogP contribution in [0.4, 0.5) is 17.1 Å². The van der Waals surface area contributed by atoms with Crippen LogP contribution in [0.2, 0.25) is 0 Å². The molecule has 5 heteroatoms. The molecule has 2 aromatic rings. The van der Waals surface area contributed by atoms with Gasteiger partial charge in [0.2, 0.25) is 0 Å². The first-order valence-corrected chi connectivity index (χ1v) is 6.60. The number of anilines is 3. The zero-order valence-corrected chi connectivity index (χ0v) is 11.8. The van der Waals surface area contributed by atoms with Crippen LogP contribution in [0.3, 0.4) is 0 Å². The maximum Gasteiger partial charge on any atom is 0.198 e. The lowest BCUT2D eigenvalue weighted by atomic mass is 9.81. The van der Waals surface area contributed by atoms with Gasteiger partial charge in [-0.15, -0.1) is 0 Å². The minimum atomic E-state index is -0.223. The molecule has 0 saturated carbocycles. The molecule has 106 valence electrons. The van der Waals surface area contributed by atoms with E-state index >= 15 is 0 Å². The van der Waals surface area contributed by atoms with E-state index in [1.807, 2.05) is 0 Å². The summed E-state index contributed by atoms with van der Waals surface area (Å²) in [6.45, 7) is 0. The lowest BCUT2D eigenvalue weighted by molar-refractivity contribution is 0.0981. The summed E-state index contributed by atoms with van der Waals surface area (Å²) < 4.78 is 0. The van der Waals surface area contributed by atoms with E-state index in [9.17, 15) is 9.59 Å². The number of carbonyl (C=O) groups excluding carboxylic acids is 2. The molecule has 0 aliphatic heterocycles. The predicted octanol–water partition coefficient (Wildman–Crippen LogP) is 2.13. The summed E-state index contributed by atoms with van der Waals surface area (Å²) in [7, 11) is 3.43. The molecule has 0 unspecified atom stereocenters. The molecule has 0 aromatic heterocycles. The highest BCUT2D eigenvalue weighted by Gasteiger charge is 2.34. The van der Waals surface area contributed by atoms with Gasteiger partial charge < -0.3 is 16.4 Å². The maximum atomic E-state index is 12.8. The second kappa shape index (κ2) is 4.63. The minimum Gasteiger partial charge on any atom is -0.398 e.